The zero-order chi connectivity index (χ0) is 10.8. The number of aryl methyl sites for hydroxylation is 1. The highest BCUT2D eigenvalue weighted by atomic mass is 32.2. The molecule has 3 heteroatoms. The van der Waals surface area contributed by atoms with E-state index < -0.39 is 0 Å². The summed E-state index contributed by atoms with van der Waals surface area (Å²) in [5.41, 5.74) is 1.26. The van der Waals surface area contributed by atoms with Crippen molar-refractivity contribution in [1.82, 2.24) is 0 Å². The summed E-state index contributed by atoms with van der Waals surface area (Å²) < 4.78 is 16.2. The van der Waals surface area contributed by atoms with E-state index in [4.69, 9.17) is 0 Å². The lowest BCUT2D eigenvalue weighted by Crippen LogP contribution is -1.83. The lowest BCUT2D eigenvalue weighted by atomic mass is 10.1. The monoisotopic (exact) mass is 216 g/mol. The van der Waals surface area contributed by atoms with Crippen LogP contribution >= 0.6 is 12.4 Å². The molecule has 0 aliphatic heterocycles. The van der Waals surface area contributed by atoms with Crippen molar-refractivity contribution in [2.45, 2.75) is 33.6 Å². The molecule has 0 N–H and O–H groups in total. The first-order valence-electron chi connectivity index (χ1n) is 4.91. The SMILES string of the molecule is CC.CCCc1ccc(OSF)cc1. The number of hydrogen-bond acceptors (Lipinski definition) is 2. The lowest BCUT2D eigenvalue weighted by molar-refractivity contribution is 0.610. The number of hydrogen-bond donors (Lipinski definition) is 0. The van der Waals surface area contributed by atoms with Gasteiger partial charge in [0.2, 0.25) is 0 Å². The second-order valence-electron chi connectivity index (χ2n) is 2.54. The van der Waals surface area contributed by atoms with Crippen molar-refractivity contribution in [2.75, 3.05) is 0 Å². The maximum Gasteiger partial charge on any atom is 0.272 e. The summed E-state index contributed by atoms with van der Waals surface area (Å²) >= 11 is -0.126. The average Bonchev–Trinajstić information content (AvgIpc) is 2.25. The van der Waals surface area contributed by atoms with Crippen LogP contribution in [0.1, 0.15) is 32.8 Å². The van der Waals surface area contributed by atoms with Crippen LogP contribution in [-0.2, 0) is 6.42 Å². The summed E-state index contributed by atoms with van der Waals surface area (Å²) in [5, 5.41) is 0. The minimum absolute atomic E-state index is 0.126. The Kier molecular flexibility index (Phi) is 8.43. The molecule has 80 valence electrons. The molecule has 0 spiro atoms. The predicted octanol–water partition coefficient (Wildman–Crippen LogP) is 4.58. The van der Waals surface area contributed by atoms with Crippen LogP contribution in [0.4, 0.5) is 3.89 Å². The van der Waals surface area contributed by atoms with Gasteiger partial charge in [-0.05, 0) is 24.1 Å². The largest absolute Gasteiger partial charge is 0.397 e. The highest BCUT2D eigenvalue weighted by molar-refractivity contribution is 7.89. The first-order valence-corrected chi connectivity index (χ1v) is 5.55. The second-order valence-corrected chi connectivity index (χ2v) is 2.83. The smallest absolute Gasteiger partial charge is 0.272 e. The minimum atomic E-state index is -0.126. The lowest BCUT2D eigenvalue weighted by Gasteiger charge is -2.00. The fourth-order valence-corrected chi connectivity index (χ4v) is 1.22. The molecule has 0 aliphatic carbocycles. The van der Waals surface area contributed by atoms with E-state index in [0.29, 0.717) is 5.75 Å². The number of rotatable bonds is 4. The molecule has 1 aromatic rings. The molecule has 0 aromatic heterocycles. The topological polar surface area (TPSA) is 9.23 Å². The molecule has 0 atom stereocenters. The van der Waals surface area contributed by atoms with Crippen molar-refractivity contribution in [3.8, 4) is 5.75 Å². The van der Waals surface area contributed by atoms with Crippen molar-refractivity contribution in [3.63, 3.8) is 0 Å². The van der Waals surface area contributed by atoms with Gasteiger partial charge in [0.15, 0.2) is 0 Å². The first kappa shape index (κ1) is 13.3. The van der Waals surface area contributed by atoms with Crippen molar-refractivity contribution < 1.29 is 8.07 Å². The van der Waals surface area contributed by atoms with E-state index in [0.717, 1.165) is 12.8 Å². The third-order valence-electron chi connectivity index (χ3n) is 1.59. The maximum atomic E-state index is 11.6. The predicted molar refractivity (Wildman–Crippen MR) is 61.1 cm³/mol. The van der Waals surface area contributed by atoms with E-state index >= 15 is 0 Å². The first-order chi connectivity index (χ1) is 6.86. The Labute approximate surface area is 90.2 Å². The maximum absolute atomic E-state index is 11.6. The van der Waals surface area contributed by atoms with Gasteiger partial charge in [0.1, 0.15) is 5.75 Å². The fourth-order valence-electron chi connectivity index (χ4n) is 1.04. The molecule has 1 rings (SSSR count). The van der Waals surface area contributed by atoms with Gasteiger partial charge in [0.05, 0.1) is 0 Å². The molecular weight excluding hydrogens is 199 g/mol. The Morgan fingerprint density at radius 3 is 2.21 bits per heavy atom. The second kappa shape index (κ2) is 8.88. The van der Waals surface area contributed by atoms with E-state index in [-0.39, 0.29) is 12.4 Å². The molecule has 0 heterocycles. The van der Waals surface area contributed by atoms with Crippen LogP contribution < -0.4 is 4.18 Å². The Morgan fingerprint density at radius 2 is 1.79 bits per heavy atom. The zero-order valence-electron chi connectivity index (χ0n) is 8.92. The van der Waals surface area contributed by atoms with Gasteiger partial charge in [0.25, 0.3) is 12.4 Å². The molecule has 1 aromatic carbocycles. The molecule has 0 bridgehead atoms. The van der Waals surface area contributed by atoms with Crippen LogP contribution in [0.5, 0.6) is 5.75 Å². The van der Waals surface area contributed by atoms with Crippen LogP contribution in [0.15, 0.2) is 24.3 Å². The van der Waals surface area contributed by atoms with E-state index in [1.807, 2.05) is 26.0 Å². The Hall–Kier alpha value is -0.700. The van der Waals surface area contributed by atoms with Crippen LogP contribution in [0, 0.1) is 0 Å². The molecule has 1 nitrogen and oxygen atoms in total. The summed E-state index contributed by atoms with van der Waals surface area (Å²) in [4.78, 5) is 0. The van der Waals surface area contributed by atoms with Crippen LogP contribution in [-0.4, -0.2) is 0 Å². The molecular formula is C11H17FOS. The van der Waals surface area contributed by atoms with Gasteiger partial charge in [-0.15, -0.1) is 3.89 Å². The van der Waals surface area contributed by atoms with Gasteiger partial charge >= 0.3 is 0 Å². The van der Waals surface area contributed by atoms with Crippen molar-refractivity contribution in [1.29, 1.82) is 0 Å². The molecule has 0 radical (unpaired) electrons. The highest BCUT2D eigenvalue weighted by Crippen LogP contribution is 2.17. The standard InChI is InChI=1S/C9H11FOS.C2H6/c1-2-3-8-4-6-9(7-5-8)11-12-10;1-2/h4-7H,2-3H2,1H3;1-2H3. The zero-order valence-corrected chi connectivity index (χ0v) is 9.73. The van der Waals surface area contributed by atoms with E-state index in [2.05, 4.69) is 11.1 Å². The summed E-state index contributed by atoms with van der Waals surface area (Å²) in [7, 11) is 0. The number of halogens is 1. The van der Waals surface area contributed by atoms with Gasteiger partial charge in [-0.2, -0.15) is 0 Å². The Balaban J connectivity index is 0.000000791. The minimum Gasteiger partial charge on any atom is -0.397 e. The van der Waals surface area contributed by atoms with E-state index in [1.165, 1.54) is 5.56 Å². The molecule has 0 saturated carbocycles. The molecule has 0 unspecified atom stereocenters. The number of benzene rings is 1. The van der Waals surface area contributed by atoms with Crippen molar-refractivity contribution in [2.24, 2.45) is 0 Å². The Morgan fingerprint density at radius 1 is 1.21 bits per heavy atom. The quantitative estimate of drug-likeness (QED) is 0.681. The van der Waals surface area contributed by atoms with Crippen LogP contribution in [0.25, 0.3) is 0 Å². The summed E-state index contributed by atoms with van der Waals surface area (Å²) in [5.74, 6) is 0.558. The molecule has 0 aliphatic rings. The highest BCUT2D eigenvalue weighted by Gasteiger charge is 1.94. The van der Waals surface area contributed by atoms with E-state index in [9.17, 15) is 3.89 Å². The van der Waals surface area contributed by atoms with Gasteiger partial charge in [0, 0.05) is 0 Å². The van der Waals surface area contributed by atoms with Crippen molar-refractivity contribution in [3.05, 3.63) is 29.8 Å². The third kappa shape index (κ3) is 5.12. The van der Waals surface area contributed by atoms with Gasteiger partial charge in [-0.25, -0.2) is 0 Å². The third-order valence-corrected chi connectivity index (χ3v) is 1.85. The van der Waals surface area contributed by atoms with E-state index in [1.54, 1.807) is 12.1 Å². The van der Waals surface area contributed by atoms with Crippen LogP contribution in [0.2, 0.25) is 0 Å². The van der Waals surface area contributed by atoms with Gasteiger partial charge in [-0.3, -0.25) is 0 Å². The molecule has 0 saturated heterocycles. The van der Waals surface area contributed by atoms with Gasteiger partial charge < -0.3 is 4.18 Å². The van der Waals surface area contributed by atoms with Gasteiger partial charge in [-0.1, -0.05) is 39.3 Å². The molecule has 0 fully saturated rings. The summed E-state index contributed by atoms with van der Waals surface area (Å²) in [6, 6.07) is 7.46. The normalized spacial score (nSPS) is 8.86. The molecule has 14 heavy (non-hydrogen) atoms. The summed E-state index contributed by atoms with van der Waals surface area (Å²) in [6.07, 6.45) is 2.18. The van der Waals surface area contributed by atoms with Crippen LogP contribution in [0.3, 0.4) is 0 Å². The Bertz CT molecular complexity index is 198. The summed E-state index contributed by atoms with van der Waals surface area (Å²) in [6.45, 7) is 6.13. The van der Waals surface area contributed by atoms with Crippen molar-refractivity contribution >= 4 is 12.4 Å². The average molecular weight is 216 g/mol. The fraction of sp³-hybridized carbons (Fsp3) is 0.455. The molecule has 0 amide bonds.